The lowest BCUT2D eigenvalue weighted by Gasteiger charge is -2.39. The third kappa shape index (κ3) is 4.59. The molecule has 52 heavy (non-hydrogen) atoms. The Morgan fingerprint density at radius 2 is 0.865 bits per heavy atom. The molecular formula is C47H28N4S. The largest absolute Gasteiger partial charge is 0.208 e. The fourth-order valence-electron chi connectivity index (χ4n) is 7.98. The van der Waals surface area contributed by atoms with Gasteiger partial charge in [-0.2, -0.15) is 5.26 Å². The second-order valence-electron chi connectivity index (χ2n) is 13.1. The lowest BCUT2D eigenvalue weighted by atomic mass is 9.67. The summed E-state index contributed by atoms with van der Waals surface area (Å²) in [5.41, 5.74) is 12.0. The molecule has 8 aromatic rings. The zero-order valence-corrected chi connectivity index (χ0v) is 28.7. The van der Waals surface area contributed by atoms with E-state index in [1.54, 1.807) is 0 Å². The normalized spacial score (nSPS) is 13.1. The first-order valence-corrected chi connectivity index (χ1v) is 18.1. The van der Waals surface area contributed by atoms with Crippen molar-refractivity contribution in [2.24, 2.45) is 0 Å². The van der Waals surface area contributed by atoms with Crippen molar-refractivity contribution in [3.63, 3.8) is 0 Å². The van der Waals surface area contributed by atoms with Gasteiger partial charge in [0.15, 0.2) is 17.5 Å². The van der Waals surface area contributed by atoms with Crippen LogP contribution < -0.4 is 0 Å². The summed E-state index contributed by atoms with van der Waals surface area (Å²) in [5, 5.41) is 10.1. The molecule has 1 aliphatic heterocycles. The van der Waals surface area contributed by atoms with E-state index in [-0.39, 0.29) is 0 Å². The number of benzene rings is 7. The number of rotatable bonds is 4. The number of aromatic nitrogens is 3. The van der Waals surface area contributed by atoms with Crippen LogP contribution in [0.5, 0.6) is 0 Å². The van der Waals surface area contributed by atoms with E-state index in [2.05, 4.69) is 91.0 Å². The Labute approximate surface area is 306 Å². The Morgan fingerprint density at radius 3 is 1.44 bits per heavy atom. The van der Waals surface area contributed by atoms with E-state index in [9.17, 15) is 5.26 Å². The minimum Gasteiger partial charge on any atom is -0.208 e. The summed E-state index contributed by atoms with van der Waals surface area (Å²) in [6, 6.07) is 61.5. The second kappa shape index (κ2) is 12.0. The van der Waals surface area contributed by atoms with Crippen LogP contribution in [-0.2, 0) is 5.41 Å². The first-order valence-electron chi connectivity index (χ1n) is 17.3. The van der Waals surface area contributed by atoms with Crippen molar-refractivity contribution in [3.8, 4) is 62.5 Å². The molecule has 0 unspecified atom stereocenters. The van der Waals surface area contributed by atoms with Gasteiger partial charge in [0.2, 0.25) is 0 Å². The zero-order chi connectivity index (χ0) is 34.6. The van der Waals surface area contributed by atoms with Gasteiger partial charge in [0.1, 0.15) is 0 Å². The molecule has 0 bridgehead atoms. The van der Waals surface area contributed by atoms with Crippen molar-refractivity contribution in [3.05, 3.63) is 198 Å². The molecule has 242 valence electrons. The summed E-state index contributed by atoms with van der Waals surface area (Å²) in [6.45, 7) is 0. The van der Waals surface area contributed by atoms with Crippen LogP contribution in [0.25, 0.3) is 56.4 Å². The van der Waals surface area contributed by atoms with Crippen molar-refractivity contribution in [2.75, 3.05) is 0 Å². The fourth-order valence-corrected chi connectivity index (χ4v) is 9.17. The molecule has 1 spiro atoms. The Bertz CT molecular complexity index is 2630. The summed E-state index contributed by atoms with van der Waals surface area (Å²) in [7, 11) is 0. The predicted octanol–water partition coefficient (Wildman–Crippen LogP) is 11.2. The maximum Gasteiger partial charge on any atom is 0.164 e. The molecule has 2 heterocycles. The SMILES string of the molecule is N#Cc1ccccc1-c1ccc2c(c1)C1(c3ccccc3Sc3ccccc31)c1cc(-c3nc(-c4ccccc4)nc(-c4ccccc4)n3)ccc1-2. The summed E-state index contributed by atoms with van der Waals surface area (Å²) >= 11 is 1.82. The highest BCUT2D eigenvalue weighted by Crippen LogP contribution is 2.62. The van der Waals surface area contributed by atoms with Gasteiger partial charge in [0.05, 0.1) is 17.0 Å². The molecule has 4 nitrogen and oxygen atoms in total. The van der Waals surface area contributed by atoms with Crippen molar-refractivity contribution in [2.45, 2.75) is 15.2 Å². The molecular weight excluding hydrogens is 653 g/mol. The van der Waals surface area contributed by atoms with E-state index in [0.29, 0.717) is 23.0 Å². The van der Waals surface area contributed by atoms with Gasteiger partial charge in [-0.1, -0.05) is 151 Å². The van der Waals surface area contributed by atoms with E-state index in [0.717, 1.165) is 27.8 Å². The predicted molar refractivity (Wildman–Crippen MR) is 208 cm³/mol. The molecule has 7 aromatic carbocycles. The molecule has 0 saturated carbocycles. The van der Waals surface area contributed by atoms with Crippen LogP contribution in [0.1, 0.15) is 27.8 Å². The lowest BCUT2D eigenvalue weighted by molar-refractivity contribution is 0.722. The Kier molecular flexibility index (Phi) is 6.99. The average Bonchev–Trinajstić information content (AvgIpc) is 3.50. The smallest absolute Gasteiger partial charge is 0.164 e. The monoisotopic (exact) mass is 680 g/mol. The van der Waals surface area contributed by atoms with Gasteiger partial charge in [0, 0.05) is 26.5 Å². The minimum atomic E-state index is -0.617. The molecule has 0 N–H and O–H groups in total. The molecule has 0 fully saturated rings. The van der Waals surface area contributed by atoms with Gasteiger partial charge in [-0.25, -0.2) is 15.0 Å². The van der Waals surface area contributed by atoms with Crippen molar-refractivity contribution < 1.29 is 0 Å². The van der Waals surface area contributed by atoms with Crippen LogP contribution in [0.3, 0.4) is 0 Å². The topological polar surface area (TPSA) is 62.5 Å². The van der Waals surface area contributed by atoms with Gasteiger partial charge in [-0.05, 0) is 74.8 Å². The van der Waals surface area contributed by atoms with Crippen molar-refractivity contribution >= 4 is 11.8 Å². The highest BCUT2D eigenvalue weighted by Gasteiger charge is 2.50. The lowest BCUT2D eigenvalue weighted by Crippen LogP contribution is -2.32. The summed E-state index contributed by atoms with van der Waals surface area (Å²) in [6.07, 6.45) is 0. The number of hydrogen-bond acceptors (Lipinski definition) is 5. The van der Waals surface area contributed by atoms with Gasteiger partial charge in [-0.15, -0.1) is 0 Å². The molecule has 0 atom stereocenters. The number of fused-ring (bicyclic) bond motifs is 9. The highest BCUT2D eigenvalue weighted by molar-refractivity contribution is 7.99. The van der Waals surface area contributed by atoms with Crippen LogP contribution >= 0.6 is 11.8 Å². The van der Waals surface area contributed by atoms with Crippen LogP contribution in [0, 0.1) is 11.3 Å². The quantitative estimate of drug-likeness (QED) is 0.185. The number of nitrogens with zero attached hydrogens (tertiary/aromatic N) is 4. The third-order valence-electron chi connectivity index (χ3n) is 10.3. The minimum absolute atomic E-state index is 0.617. The van der Waals surface area contributed by atoms with E-state index in [1.165, 1.54) is 43.2 Å². The molecule has 1 aromatic heterocycles. The average molecular weight is 681 g/mol. The molecule has 5 heteroatoms. The summed E-state index contributed by atoms with van der Waals surface area (Å²) in [5.74, 6) is 1.89. The van der Waals surface area contributed by atoms with Crippen LogP contribution in [0.4, 0.5) is 0 Å². The molecule has 0 radical (unpaired) electrons. The fraction of sp³-hybridized carbons (Fsp3) is 0.0213. The molecule has 0 amide bonds. The highest BCUT2D eigenvalue weighted by atomic mass is 32.2. The Balaban J connectivity index is 1.26. The molecule has 1 aliphatic carbocycles. The number of hydrogen-bond donors (Lipinski definition) is 0. The third-order valence-corrected chi connectivity index (χ3v) is 11.4. The summed E-state index contributed by atoms with van der Waals surface area (Å²) < 4.78 is 0. The van der Waals surface area contributed by atoms with E-state index < -0.39 is 5.41 Å². The first-order chi connectivity index (χ1) is 25.7. The maximum absolute atomic E-state index is 10.1. The summed E-state index contributed by atoms with van der Waals surface area (Å²) in [4.78, 5) is 17.6. The zero-order valence-electron chi connectivity index (χ0n) is 27.9. The van der Waals surface area contributed by atoms with Gasteiger partial charge in [0.25, 0.3) is 0 Å². The maximum atomic E-state index is 10.1. The number of nitriles is 1. The van der Waals surface area contributed by atoms with E-state index >= 15 is 0 Å². The van der Waals surface area contributed by atoms with Crippen LogP contribution in [0.2, 0.25) is 0 Å². The van der Waals surface area contributed by atoms with Gasteiger partial charge < -0.3 is 0 Å². The second-order valence-corrected chi connectivity index (χ2v) is 14.1. The van der Waals surface area contributed by atoms with Gasteiger partial charge >= 0.3 is 0 Å². The van der Waals surface area contributed by atoms with E-state index in [1.807, 2.05) is 96.7 Å². The molecule has 2 aliphatic rings. The first kappa shape index (κ1) is 30.2. The van der Waals surface area contributed by atoms with E-state index in [4.69, 9.17) is 15.0 Å². The van der Waals surface area contributed by atoms with Crippen molar-refractivity contribution in [1.82, 2.24) is 15.0 Å². The molecule has 0 saturated heterocycles. The Hall–Kier alpha value is -6.61. The van der Waals surface area contributed by atoms with Crippen LogP contribution in [-0.4, -0.2) is 15.0 Å². The molecule has 10 rings (SSSR count). The van der Waals surface area contributed by atoms with Crippen molar-refractivity contribution in [1.29, 1.82) is 5.26 Å². The Morgan fingerprint density at radius 1 is 0.404 bits per heavy atom. The van der Waals surface area contributed by atoms with Crippen LogP contribution in [0.15, 0.2) is 180 Å². The standard InChI is InChI=1S/C47H28N4S/c48-29-34-17-7-8-18-35(34)32-23-25-36-37-26-24-33(46-50-44(30-13-3-1-4-14-30)49-45(51-46)31-15-5-2-6-16-31)28-41(37)47(40(36)27-32)38-19-9-11-21-42(38)52-43-22-12-10-20-39(43)47/h1-28H. The van der Waals surface area contributed by atoms with Gasteiger partial charge in [-0.3, -0.25) is 0 Å².